The highest BCUT2D eigenvalue weighted by molar-refractivity contribution is 5.94. The minimum absolute atomic E-state index is 0.0160. The lowest BCUT2D eigenvalue weighted by molar-refractivity contribution is -0.137. The van der Waals surface area contributed by atoms with E-state index in [1.807, 2.05) is 0 Å². The van der Waals surface area contributed by atoms with E-state index in [0.29, 0.717) is 27.8 Å². The molecule has 0 saturated carbocycles. The average molecular weight is 1060 g/mol. The maximum absolute atomic E-state index is 13.7. The summed E-state index contributed by atoms with van der Waals surface area (Å²) in [4.78, 5) is 152. The lowest BCUT2D eigenvalue weighted by Gasteiger charge is -2.25. The van der Waals surface area contributed by atoms with Crippen molar-refractivity contribution in [3.63, 3.8) is 0 Å². The Balaban J connectivity index is 1.18. The van der Waals surface area contributed by atoms with Gasteiger partial charge in [0.15, 0.2) is 0 Å². The van der Waals surface area contributed by atoms with Gasteiger partial charge in [-0.25, -0.2) is 0 Å². The number of hydrogen-bond acceptors (Lipinski definition) is 14. The molecule has 0 atom stereocenters. The number of rotatable bonds is 31. The number of nitrogens with two attached hydrogens (primary N) is 1. The van der Waals surface area contributed by atoms with Crippen LogP contribution in [0.25, 0.3) is 0 Å². The zero-order valence-electron chi connectivity index (χ0n) is 42.4. The molecular weight excluding hydrogens is 993 g/mol. The molecule has 77 heavy (non-hydrogen) atoms. The highest BCUT2D eigenvalue weighted by Gasteiger charge is 2.24. The van der Waals surface area contributed by atoms with Gasteiger partial charge in [0.05, 0.1) is 58.4 Å². The number of pyridine rings is 4. The molecule has 4 heterocycles. The third kappa shape index (κ3) is 22.3. The minimum atomic E-state index is -0.773. The molecule has 0 unspecified atom stereocenters. The van der Waals surface area contributed by atoms with Crippen molar-refractivity contribution in [3.8, 4) is 0 Å². The van der Waals surface area contributed by atoms with Crippen LogP contribution in [-0.2, 0) is 68.8 Å². The molecule has 0 saturated heterocycles. The van der Waals surface area contributed by atoms with Crippen LogP contribution < -0.4 is 32.3 Å². The predicted octanol–water partition coefficient (Wildman–Crippen LogP) is -1.77. The Morgan fingerprint density at radius 1 is 0.364 bits per heavy atom. The van der Waals surface area contributed by atoms with Crippen molar-refractivity contribution in [2.75, 3.05) is 85.1 Å². The summed E-state index contributed by atoms with van der Waals surface area (Å²) in [6.45, 7) is -2.76. The normalized spacial score (nSPS) is 10.5. The molecule has 4 aromatic heterocycles. The van der Waals surface area contributed by atoms with Gasteiger partial charge in [0.2, 0.25) is 53.2 Å². The van der Waals surface area contributed by atoms with Crippen LogP contribution >= 0.6 is 0 Å². The van der Waals surface area contributed by atoms with E-state index in [9.17, 15) is 47.9 Å². The molecule has 404 valence electrons. The molecule has 0 aliphatic rings. The van der Waals surface area contributed by atoms with E-state index in [1.165, 1.54) is 56.8 Å². The Hall–Kier alpha value is -9.48. The Bertz CT molecular complexity index is 2750. The summed E-state index contributed by atoms with van der Waals surface area (Å²) in [7, 11) is 0. The summed E-state index contributed by atoms with van der Waals surface area (Å²) in [5.74, 6) is -5.25. The maximum atomic E-state index is 13.7. The van der Waals surface area contributed by atoms with Gasteiger partial charge in [0, 0.05) is 107 Å². The molecule has 0 radical (unpaired) electrons. The summed E-state index contributed by atoms with van der Waals surface area (Å²) < 4.78 is 0. The molecule has 0 spiro atoms. The summed E-state index contributed by atoms with van der Waals surface area (Å²) >= 11 is 0. The smallest absolute Gasteiger partial charge is 0.251 e. The number of nitrogens with zero attached hydrogens (tertiary/aromatic N) is 8. The number of carbonyl (C=O) groups is 10. The monoisotopic (exact) mass is 1050 g/mol. The van der Waals surface area contributed by atoms with E-state index in [1.54, 1.807) is 91.3 Å². The summed E-state index contributed by atoms with van der Waals surface area (Å²) in [5.41, 5.74) is 8.13. The van der Waals surface area contributed by atoms with Gasteiger partial charge >= 0.3 is 0 Å². The molecule has 7 N–H and O–H groups in total. The number of nitrogens with one attached hydrogen (secondary N) is 5. The topological polar surface area (TPSA) is 321 Å². The minimum Gasteiger partial charge on any atom is -0.368 e. The standard InChI is InChI=1S/C53H62N14O10/c54-44(68)34-63-48(72)38-66(51(75)32-41-10-18-57-19-11-41)28-24-61-46(70)36-64(49(73)30-39-6-14-55-15-7-39)26-22-59-45(69)35-65(50(74)31-40-8-16-56-17-9-40)27-23-60-47(71)37-67(52(76)33-42-12-20-58-21-13-42)29-25-62-53(77)43-4-2-1-3-5-43/h1-21H,22-38H2,(H2,54,68)(H,59,69)(H,60,71)(H,61,70)(H,62,77)(H,63,72). The molecular formula is C53H62N14O10. The first-order valence-corrected chi connectivity index (χ1v) is 24.6. The van der Waals surface area contributed by atoms with E-state index in [-0.39, 0.29) is 96.4 Å². The second-order valence-corrected chi connectivity index (χ2v) is 17.3. The fraction of sp³-hybridized carbons (Fsp3) is 0.321. The van der Waals surface area contributed by atoms with Crippen molar-refractivity contribution in [2.45, 2.75) is 25.7 Å². The van der Waals surface area contributed by atoms with E-state index in [2.05, 4.69) is 46.5 Å². The number of primary amides is 1. The quantitative estimate of drug-likeness (QED) is 0.0287. The molecule has 5 rings (SSSR count). The number of aromatic nitrogens is 4. The molecule has 5 aromatic rings. The fourth-order valence-corrected chi connectivity index (χ4v) is 7.41. The zero-order chi connectivity index (χ0) is 55.2. The first-order valence-electron chi connectivity index (χ1n) is 24.6. The Labute approximate surface area is 444 Å². The van der Waals surface area contributed by atoms with Crippen molar-refractivity contribution in [1.29, 1.82) is 0 Å². The van der Waals surface area contributed by atoms with Crippen molar-refractivity contribution in [1.82, 2.24) is 66.1 Å². The highest BCUT2D eigenvalue weighted by Crippen LogP contribution is 2.07. The highest BCUT2D eigenvalue weighted by atomic mass is 16.2. The fourth-order valence-electron chi connectivity index (χ4n) is 7.41. The molecule has 1 aromatic carbocycles. The largest absolute Gasteiger partial charge is 0.368 e. The van der Waals surface area contributed by atoms with E-state index >= 15 is 0 Å². The molecule has 10 amide bonds. The summed E-state index contributed by atoms with van der Waals surface area (Å²) in [6.07, 6.45) is 11.9. The molecule has 24 nitrogen and oxygen atoms in total. The molecule has 24 heteroatoms. The van der Waals surface area contributed by atoms with Gasteiger partial charge in [-0.2, -0.15) is 0 Å². The van der Waals surface area contributed by atoms with E-state index < -0.39 is 73.4 Å². The van der Waals surface area contributed by atoms with Crippen molar-refractivity contribution < 1.29 is 47.9 Å². The number of amides is 10. The third-order valence-corrected chi connectivity index (χ3v) is 11.4. The summed E-state index contributed by atoms with van der Waals surface area (Å²) in [5, 5.41) is 13.2. The van der Waals surface area contributed by atoms with Crippen LogP contribution in [0.5, 0.6) is 0 Å². The zero-order valence-corrected chi connectivity index (χ0v) is 42.4. The lowest BCUT2D eigenvalue weighted by atomic mass is 10.2. The van der Waals surface area contributed by atoms with Crippen molar-refractivity contribution in [3.05, 3.63) is 156 Å². The Morgan fingerprint density at radius 2 is 0.636 bits per heavy atom. The second kappa shape index (κ2) is 32.0. The van der Waals surface area contributed by atoms with Crippen molar-refractivity contribution in [2.24, 2.45) is 5.73 Å². The number of hydrogen-bond donors (Lipinski definition) is 6. The van der Waals surface area contributed by atoms with Gasteiger partial charge in [-0.05, 0) is 82.9 Å². The van der Waals surface area contributed by atoms with Crippen LogP contribution in [0.1, 0.15) is 32.6 Å². The van der Waals surface area contributed by atoms with Gasteiger partial charge in [-0.1, -0.05) is 18.2 Å². The van der Waals surface area contributed by atoms with E-state index in [4.69, 9.17) is 5.73 Å². The SMILES string of the molecule is NC(=O)CNC(=O)CN(CCNC(=O)CN(CCNC(=O)CN(CCNC(=O)CN(CCNC(=O)c1ccccc1)C(=O)Cc1ccncc1)C(=O)Cc1ccncc1)C(=O)Cc1ccncc1)C(=O)Cc1ccncc1. The molecule has 0 aliphatic carbocycles. The van der Waals surface area contributed by atoms with Crippen LogP contribution in [0.3, 0.4) is 0 Å². The van der Waals surface area contributed by atoms with Gasteiger partial charge in [-0.15, -0.1) is 0 Å². The lowest BCUT2D eigenvalue weighted by Crippen LogP contribution is -2.49. The van der Waals surface area contributed by atoms with Crippen LogP contribution in [0.4, 0.5) is 0 Å². The van der Waals surface area contributed by atoms with Gasteiger partial charge in [0.25, 0.3) is 5.91 Å². The van der Waals surface area contributed by atoms with E-state index in [0.717, 1.165) is 0 Å². The third-order valence-electron chi connectivity index (χ3n) is 11.4. The van der Waals surface area contributed by atoms with Crippen LogP contribution in [0, 0.1) is 0 Å². The molecule has 0 aliphatic heterocycles. The molecule has 0 bridgehead atoms. The average Bonchev–Trinajstić information content (AvgIpc) is 3.42. The Morgan fingerprint density at radius 3 is 0.922 bits per heavy atom. The number of carbonyl (C=O) groups excluding carboxylic acids is 10. The van der Waals surface area contributed by atoms with Crippen LogP contribution in [0.2, 0.25) is 0 Å². The van der Waals surface area contributed by atoms with Crippen LogP contribution in [0.15, 0.2) is 128 Å². The first-order chi connectivity index (χ1) is 37.2. The predicted molar refractivity (Wildman–Crippen MR) is 278 cm³/mol. The van der Waals surface area contributed by atoms with Crippen LogP contribution in [-0.4, -0.2) is 184 Å². The molecule has 0 fully saturated rings. The number of benzene rings is 1. The van der Waals surface area contributed by atoms with Gasteiger partial charge < -0.3 is 51.9 Å². The Kier molecular flexibility index (Phi) is 24.2. The summed E-state index contributed by atoms with van der Waals surface area (Å²) in [6, 6.07) is 21.8. The van der Waals surface area contributed by atoms with Gasteiger partial charge in [0.1, 0.15) is 0 Å². The maximum Gasteiger partial charge on any atom is 0.251 e. The first kappa shape index (κ1) is 58.4. The van der Waals surface area contributed by atoms with Crippen molar-refractivity contribution >= 4 is 59.1 Å². The van der Waals surface area contributed by atoms with Gasteiger partial charge in [-0.3, -0.25) is 67.9 Å². The second-order valence-electron chi connectivity index (χ2n) is 17.3.